The van der Waals surface area contributed by atoms with Crippen molar-refractivity contribution in [1.82, 2.24) is 14.8 Å². The van der Waals surface area contributed by atoms with Crippen LogP contribution in [0.3, 0.4) is 0 Å². The van der Waals surface area contributed by atoms with Crippen molar-refractivity contribution in [2.75, 3.05) is 33.2 Å². The van der Waals surface area contributed by atoms with Crippen molar-refractivity contribution in [3.63, 3.8) is 0 Å². The highest BCUT2D eigenvalue weighted by Crippen LogP contribution is 2.42. The summed E-state index contributed by atoms with van der Waals surface area (Å²) in [5.74, 6) is -0.392. The molecule has 0 amide bonds. The number of carbonyl (C=O) groups is 1. The second-order valence-corrected chi connectivity index (χ2v) is 6.22. The van der Waals surface area contributed by atoms with E-state index in [0.717, 1.165) is 25.3 Å². The highest BCUT2D eigenvalue weighted by atomic mass is 32.1. The number of thiazole rings is 1. The van der Waals surface area contributed by atoms with E-state index in [0.29, 0.717) is 13.1 Å². The molecule has 2 saturated heterocycles. The van der Waals surface area contributed by atoms with Gasteiger partial charge in [0.25, 0.3) is 0 Å². The van der Waals surface area contributed by atoms with E-state index >= 15 is 0 Å². The fourth-order valence-corrected chi connectivity index (χ4v) is 3.94. The van der Waals surface area contributed by atoms with Gasteiger partial charge in [0.05, 0.1) is 16.6 Å². The normalized spacial score (nSPS) is 32.8. The van der Waals surface area contributed by atoms with Gasteiger partial charge in [-0.3, -0.25) is 9.69 Å². The zero-order valence-corrected chi connectivity index (χ0v) is 11.2. The molecular formula is C12H17N3O2S. The van der Waals surface area contributed by atoms with Crippen molar-refractivity contribution in [2.45, 2.75) is 6.54 Å². The minimum atomic E-state index is -0.641. The molecule has 2 aliphatic heterocycles. The summed E-state index contributed by atoms with van der Waals surface area (Å²) in [5, 5.41) is 11.6. The van der Waals surface area contributed by atoms with Gasteiger partial charge in [0, 0.05) is 44.0 Å². The topological polar surface area (TPSA) is 56.7 Å². The number of hydrogen-bond acceptors (Lipinski definition) is 5. The van der Waals surface area contributed by atoms with E-state index in [1.807, 2.05) is 17.9 Å². The average molecular weight is 267 g/mol. The van der Waals surface area contributed by atoms with Gasteiger partial charge in [0.2, 0.25) is 0 Å². The molecule has 1 aromatic rings. The molecule has 0 unspecified atom stereocenters. The van der Waals surface area contributed by atoms with Crippen LogP contribution < -0.4 is 0 Å². The van der Waals surface area contributed by atoms with Gasteiger partial charge in [0.15, 0.2) is 0 Å². The minimum absolute atomic E-state index is 0.249. The largest absolute Gasteiger partial charge is 0.481 e. The number of carboxylic acid groups (broad SMARTS) is 1. The summed E-state index contributed by atoms with van der Waals surface area (Å²) in [6.07, 6.45) is 0. The smallest absolute Gasteiger partial charge is 0.312 e. The first kappa shape index (κ1) is 12.1. The van der Waals surface area contributed by atoms with E-state index in [4.69, 9.17) is 0 Å². The zero-order valence-electron chi connectivity index (χ0n) is 10.4. The van der Waals surface area contributed by atoms with Crippen molar-refractivity contribution < 1.29 is 9.90 Å². The molecule has 2 fully saturated rings. The number of fused-ring (bicyclic) bond motifs is 1. The molecule has 18 heavy (non-hydrogen) atoms. The molecular weight excluding hydrogens is 250 g/mol. The Kier molecular flexibility index (Phi) is 2.88. The summed E-state index contributed by atoms with van der Waals surface area (Å²) in [7, 11) is 2.01. The Morgan fingerprint density at radius 2 is 2.44 bits per heavy atom. The first-order valence-electron chi connectivity index (χ1n) is 6.11. The number of likely N-dealkylation sites (tertiary alicyclic amines) is 2. The van der Waals surface area contributed by atoms with Gasteiger partial charge in [-0.1, -0.05) is 0 Å². The predicted molar refractivity (Wildman–Crippen MR) is 68.4 cm³/mol. The van der Waals surface area contributed by atoms with E-state index in [1.54, 1.807) is 11.3 Å². The Bertz CT molecular complexity index is 450. The Balaban J connectivity index is 1.75. The van der Waals surface area contributed by atoms with Gasteiger partial charge >= 0.3 is 5.97 Å². The lowest BCUT2D eigenvalue weighted by atomic mass is 9.81. The molecule has 5 nitrogen and oxygen atoms in total. The molecule has 1 N–H and O–H groups in total. The van der Waals surface area contributed by atoms with Crippen LogP contribution in [-0.2, 0) is 11.3 Å². The SMILES string of the molecule is CN1C[C@H]2CN(Cc3cscn3)C[C@@]2(C(=O)O)C1. The third-order valence-electron chi connectivity index (χ3n) is 4.14. The van der Waals surface area contributed by atoms with Crippen molar-refractivity contribution in [1.29, 1.82) is 0 Å². The maximum atomic E-state index is 11.6. The Labute approximate surface area is 110 Å². The van der Waals surface area contributed by atoms with Crippen molar-refractivity contribution >= 4 is 17.3 Å². The summed E-state index contributed by atoms with van der Waals surface area (Å²) in [6, 6.07) is 0. The molecule has 0 aromatic carbocycles. The Morgan fingerprint density at radius 1 is 1.61 bits per heavy atom. The third kappa shape index (κ3) is 1.84. The number of aliphatic carboxylic acids is 1. The summed E-state index contributed by atoms with van der Waals surface area (Å²) in [6.45, 7) is 3.85. The molecule has 2 atom stereocenters. The molecule has 0 aliphatic carbocycles. The lowest BCUT2D eigenvalue weighted by molar-refractivity contribution is -0.148. The monoisotopic (exact) mass is 267 g/mol. The van der Waals surface area contributed by atoms with Gasteiger partial charge in [-0.15, -0.1) is 11.3 Å². The van der Waals surface area contributed by atoms with E-state index in [-0.39, 0.29) is 5.92 Å². The highest BCUT2D eigenvalue weighted by Gasteiger charge is 2.56. The van der Waals surface area contributed by atoms with E-state index in [2.05, 4.69) is 14.8 Å². The second kappa shape index (κ2) is 4.29. The second-order valence-electron chi connectivity index (χ2n) is 5.50. The third-order valence-corrected chi connectivity index (χ3v) is 4.78. The standard InChI is InChI=1S/C12H17N3O2S/c1-14-2-9-3-15(4-10-5-18-8-13-10)7-12(9,6-14)11(16)17/h5,8-9H,2-4,6-7H2,1H3,(H,16,17)/t9-,12-/m0/s1. The van der Waals surface area contributed by atoms with Gasteiger partial charge in [-0.25, -0.2) is 4.98 Å². The van der Waals surface area contributed by atoms with Crippen molar-refractivity contribution in [2.24, 2.45) is 11.3 Å². The van der Waals surface area contributed by atoms with Gasteiger partial charge in [-0.2, -0.15) is 0 Å². The van der Waals surface area contributed by atoms with Crippen LogP contribution >= 0.6 is 11.3 Å². The van der Waals surface area contributed by atoms with Crippen LogP contribution in [0.4, 0.5) is 0 Å². The van der Waals surface area contributed by atoms with E-state index < -0.39 is 11.4 Å². The van der Waals surface area contributed by atoms with E-state index in [1.165, 1.54) is 0 Å². The minimum Gasteiger partial charge on any atom is -0.481 e. The van der Waals surface area contributed by atoms with Gasteiger partial charge in [-0.05, 0) is 7.05 Å². The number of nitrogens with zero attached hydrogens (tertiary/aromatic N) is 3. The Hall–Kier alpha value is -0.980. The zero-order chi connectivity index (χ0) is 12.8. The van der Waals surface area contributed by atoms with Crippen molar-refractivity contribution in [3.05, 3.63) is 16.6 Å². The molecule has 3 heterocycles. The number of rotatable bonds is 3. The highest BCUT2D eigenvalue weighted by molar-refractivity contribution is 7.07. The molecule has 0 bridgehead atoms. The fourth-order valence-electron chi connectivity index (χ4n) is 3.39. The van der Waals surface area contributed by atoms with Gasteiger partial charge in [0.1, 0.15) is 0 Å². The molecule has 98 valence electrons. The van der Waals surface area contributed by atoms with Crippen LogP contribution in [0, 0.1) is 11.3 Å². The number of aromatic nitrogens is 1. The van der Waals surface area contributed by atoms with Crippen LogP contribution in [0.1, 0.15) is 5.69 Å². The van der Waals surface area contributed by atoms with Gasteiger partial charge < -0.3 is 10.0 Å². The van der Waals surface area contributed by atoms with Crippen LogP contribution in [0.25, 0.3) is 0 Å². The summed E-state index contributed by atoms with van der Waals surface area (Å²) < 4.78 is 0. The maximum absolute atomic E-state index is 11.6. The molecule has 0 saturated carbocycles. The van der Waals surface area contributed by atoms with Crippen LogP contribution in [0.15, 0.2) is 10.9 Å². The Morgan fingerprint density at radius 3 is 3.06 bits per heavy atom. The lowest BCUT2D eigenvalue weighted by Gasteiger charge is -2.23. The summed E-state index contributed by atoms with van der Waals surface area (Å²) in [5.41, 5.74) is 2.31. The molecule has 1 aromatic heterocycles. The van der Waals surface area contributed by atoms with Crippen LogP contribution in [0.2, 0.25) is 0 Å². The predicted octanol–water partition coefficient (Wildman–Crippen LogP) is 0.591. The molecule has 3 rings (SSSR count). The molecule has 0 spiro atoms. The fraction of sp³-hybridized carbons (Fsp3) is 0.667. The van der Waals surface area contributed by atoms with E-state index in [9.17, 15) is 9.90 Å². The maximum Gasteiger partial charge on any atom is 0.312 e. The summed E-state index contributed by atoms with van der Waals surface area (Å²) in [4.78, 5) is 20.3. The summed E-state index contributed by atoms with van der Waals surface area (Å²) >= 11 is 1.59. The molecule has 2 aliphatic rings. The number of carboxylic acids is 1. The van der Waals surface area contributed by atoms with Crippen LogP contribution in [-0.4, -0.2) is 59.1 Å². The van der Waals surface area contributed by atoms with Crippen molar-refractivity contribution in [3.8, 4) is 0 Å². The molecule has 6 heteroatoms. The molecule has 0 radical (unpaired) electrons. The number of hydrogen-bond donors (Lipinski definition) is 1. The lowest BCUT2D eigenvalue weighted by Crippen LogP contribution is -2.40. The van der Waals surface area contributed by atoms with Crippen LogP contribution in [0.5, 0.6) is 0 Å². The first-order chi connectivity index (χ1) is 8.60. The average Bonchev–Trinajstić information content (AvgIpc) is 2.93. The quantitative estimate of drug-likeness (QED) is 0.868. The first-order valence-corrected chi connectivity index (χ1v) is 7.06.